The van der Waals surface area contributed by atoms with Gasteiger partial charge in [-0.1, -0.05) is 97.1 Å². The van der Waals surface area contributed by atoms with Crippen molar-refractivity contribution in [3.05, 3.63) is 120 Å². The minimum Gasteiger partial charge on any atom is -0.374 e. The molecule has 0 N–H and O–H groups in total. The highest BCUT2D eigenvalue weighted by Crippen LogP contribution is 2.57. The first kappa shape index (κ1) is 31.7. The molecule has 5 aliphatic rings. The Morgan fingerprint density at radius 1 is 0.630 bits per heavy atom. The number of hydrogen-bond donors (Lipinski definition) is 0. The van der Waals surface area contributed by atoms with E-state index in [2.05, 4.69) is 43.0 Å². The lowest BCUT2D eigenvalue weighted by Crippen LogP contribution is -2.64. The molecule has 5 atom stereocenters. The van der Waals surface area contributed by atoms with Crippen LogP contribution in [0.15, 0.2) is 104 Å². The Balaban J connectivity index is 1.18. The van der Waals surface area contributed by atoms with E-state index in [9.17, 15) is 0 Å². The fraction of sp³-hybridized carbons (Fsp3) is 0.500. The second-order valence-corrected chi connectivity index (χ2v) is 13.9. The van der Waals surface area contributed by atoms with Crippen molar-refractivity contribution in [1.29, 1.82) is 0 Å². The molecule has 0 spiro atoms. The van der Waals surface area contributed by atoms with E-state index in [1.165, 1.54) is 19.3 Å². The van der Waals surface area contributed by atoms with Crippen molar-refractivity contribution in [3.63, 3.8) is 0 Å². The van der Waals surface area contributed by atoms with E-state index < -0.39 is 30.7 Å². The van der Waals surface area contributed by atoms with Crippen molar-refractivity contribution in [3.8, 4) is 0 Å². The molecule has 4 aliphatic carbocycles. The molecule has 0 unspecified atom stereocenters. The zero-order chi connectivity index (χ0) is 31.2. The summed E-state index contributed by atoms with van der Waals surface area (Å²) in [4.78, 5) is 0. The molecule has 3 aromatic carbocycles. The van der Waals surface area contributed by atoms with Gasteiger partial charge < -0.3 is 28.4 Å². The summed E-state index contributed by atoms with van der Waals surface area (Å²) < 4.78 is 40.6. The molecule has 0 aromatic heterocycles. The van der Waals surface area contributed by atoms with Crippen molar-refractivity contribution < 1.29 is 28.4 Å². The van der Waals surface area contributed by atoms with Crippen LogP contribution in [0.5, 0.6) is 0 Å². The van der Waals surface area contributed by atoms with E-state index in [0.29, 0.717) is 33.0 Å². The van der Waals surface area contributed by atoms with Crippen LogP contribution < -0.4 is 0 Å². The molecule has 1 saturated heterocycles. The van der Waals surface area contributed by atoms with E-state index in [0.717, 1.165) is 53.7 Å². The lowest BCUT2D eigenvalue weighted by atomic mass is 9.54. The first-order valence-electron chi connectivity index (χ1n) is 17.1. The van der Waals surface area contributed by atoms with Crippen molar-refractivity contribution in [2.24, 2.45) is 17.8 Å². The third kappa shape index (κ3) is 7.65. The molecule has 4 bridgehead atoms. The van der Waals surface area contributed by atoms with Crippen LogP contribution in [-0.4, -0.2) is 49.5 Å². The molecular formula is C40H48O6. The SMILES string of the molecule is C=CCO[C@H]1[C@H](OC23CC4CC(CC(C4)C2)C3)O[C@H](COCc2ccccc2)[C@@H](OCc2ccccc2)[C@@H]1OCc1ccccc1. The maximum atomic E-state index is 7.22. The second-order valence-electron chi connectivity index (χ2n) is 13.9. The highest BCUT2D eigenvalue weighted by Gasteiger charge is 2.56. The highest BCUT2D eigenvalue weighted by atomic mass is 16.7. The van der Waals surface area contributed by atoms with Gasteiger partial charge in [-0.2, -0.15) is 0 Å². The Morgan fingerprint density at radius 3 is 1.65 bits per heavy atom. The van der Waals surface area contributed by atoms with Gasteiger partial charge in [0.2, 0.25) is 0 Å². The van der Waals surface area contributed by atoms with Gasteiger partial charge in [-0.15, -0.1) is 6.58 Å². The van der Waals surface area contributed by atoms with E-state index in [1.807, 2.05) is 54.6 Å². The van der Waals surface area contributed by atoms with Gasteiger partial charge in [-0.05, 0) is 73.0 Å². The summed E-state index contributed by atoms with van der Waals surface area (Å²) in [5.41, 5.74) is 3.12. The predicted octanol–water partition coefficient (Wildman–Crippen LogP) is 7.66. The number of hydrogen-bond acceptors (Lipinski definition) is 6. The fourth-order valence-corrected chi connectivity index (χ4v) is 8.68. The maximum Gasteiger partial charge on any atom is 0.187 e. The molecule has 1 aliphatic heterocycles. The Hall–Kier alpha value is -2.84. The normalized spacial score (nSPS) is 33.2. The summed E-state index contributed by atoms with van der Waals surface area (Å²) in [6.45, 7) is 5.98. The molecular weight excluding hydrogens is 576 g/mol. The second kappa shape index (κ2) is 14.9. The van der Waals surface area contributed by atoms with Crippen LogP contribution in [0, 0.1) is 17.8 Å². The Kier molecular flexibility index (Phi) is 10.3. The van der Waals surface area contributed by atoms with Crippen LogP contribution in [0.3, 0.4) is 0 Å². The van der Waals surface area contributed by atoms with Gasteiger partial charge in [0, 0.05) is 0 Å². The average Bonchev–Trinajstić information content (AvgIpc) is 3.07. The molecule has 0 radical (unpaired) electrons. The van der Waals surface area contributed by atoms with E-state index in [-0.39, 0.29) is 5.60 Å². The Morgan fingerprint density at radius 2 is 1.13 bits per heavy atom. The molecule has 244 valence electrons. The topological polar surface area (TPSA) is 55.4 Å². The number of ether oxygens (including phenoxy) is 6. The van der Waals surface area contributed by atoms with Gasteiger partial charge in [-0.25, -0.2) is 0 Å². The summed E-state index contributed by atoms with van der Waals surface area (Å²) in [5.74, 6) is 2.25. The lowest BCUT2D eigenvalue weighted by Gasteiger charge is -2.58. The van der Waals surface area contributed by atoms with Crippen molar-refractivity contribution in [1.82, 2.24) is 0 Å². The molecule has 6 heteroatoms. The van der Waals surface area contributed by atoms with Gasteiger partial charge in [0.25, 0.3) is 0 Å². The van der Waals surface area contributed by atoms with Gasteiger partial charge in [-0.3, -0.25) is 0 Å². The van der Waals surface area contributed by atoms with Crippen molar-refractivity contribution >= 4 is 0 Å². The first-order chi connectivity index (χ1) is 22.7. The third-order valence-electron chi connectivity index (χ3n) is 10.3. The molecule has 0 amide bonds. The minimum atomic E-state index is -0.612. The quantitative estimate of drug-likeness (QED) is 0.162. The number of rotatable bonds is 15. The average molecular weight is 625 g/mol. The summed E-state index contributed by atoms with van der Waals surface area (Å²) in [6.07, 6.45) is 6.69. The summed E-state index contributed by atoms with van der Waals surface area (Å²) in [5, 5.41) is 0. The lowest BCUT2D eigenvalue weighted by molar-refractivity contribution is -0.357. The molecule has 46 heavy (non-hydrogen) atoms. The maximum absolute atomic E-state index is 7.22. The van der Waals surface area contributed by atoms with Crippen LogP contribution in [-0.2, 0) is 48.2 Å². The molecule has 4 saturated carbocycles. The predicted molar refractivity (Wildman–Crippen MR) is 177 cm³/mol. The molecule has 1 heterocycles. The van der Waals surface area contributed by atoms with E-state index >= 15 is 0 Å². The highest BCUT2D eigenvalue weighted by molar-refractivity contribution is 5.16. The van der Waals surface area contributed by atoms with E-state index in [4.69, 9.17) is 28.4 Å². The Bertz CT molecular complexity index is 1330. The zero-order valence-corrected chi connectivity index (χ0v) is 26.8. The standard InChI is InChI=1S/C40H48O6/c1-2-18-42-38-37(44-27-31-16-10-5-11-17-31)36(43-26-30-14-8-4-9-15-30)35(28-41-25-29-12-6-3-7-13-29)45-39(38)46-40-22-32-19-33(23-40)21-34(20-32)24-40/h2-17,32-39H,1,18-28H2/t32?,33?,34?,35-,36-,37+,38-,39+,40?/m1/s1. The molecule has 5 fully saturated rings. The Labute approximate surface area is 274 Å². The summed E-state index contributed by atoms with van der Waals surface area (Å²) >= 11 is 0. The van der Waals surface area contributed by atoms with Crippen molar-refractivity contribution in [2.75, 3.05) is 13.2 Å². The summed E-state index contributed by atoms with van der Waals surface area (Å²) in [7, 11) is 0. The van der Waals surface area contributed by atoms with Gasteiger partial charge in [0.1, 0.15) is 24.4 Å². The van der Waals surface area contributed by atoms with Crippen LogP contribution in [0.25, 0.3) is 0 Å². The van der Waals surface area contributed by atoms with Gasteiger partial charge >= 0.3 is 0 Å². The van der Waals surface area contributed by atoms with Gasteiger partial charge in [0.05, 0.1) is 38.6 Å². The van der Waals surface area contributed by atoms with Crippen LogP contribution in [0.4, 0.5) is 0 Å². The van der Waals surface area contributed by atoms with E-state index in [1.54, 1.807) is 6.08 Å². The largest absolute Gasteiger partial charge is 0.374 e. The van der Waals surface area contributed by atoms with Gasteiger partial charge in [0.15, 0.2) is 6.29 Å². The van der Waals surface area contributed by atoms with Crippen LogP contribution in [0.2, 0.25) is 0 Å². The minimum absolute atomic E-state index is 0.174. The molecule has 6 nitrogen and oxygen atoms in total. The number of benzene rings is 3. The third-order valence-corrected chi connectivity index (χ3v) is 10.3. The van der Waals surface area contributed by atoms with Crippen LogP contribution in [0.1, 0.15) is 55.2 Å². The molecule has 8 rings (SSSR count). The zero-order valence-electron chi connectivity index (χ0n) is 26.8. The fourth-order valence-electron chi connectivity index (χ4n) is 8.68. The van der Waals surface area contributed by atoms with Crippen LogP contribution >= 0.6 is 0 Å². The monoisotopic (exact) mass is 624 g/mol. The van der Waals surface area contributed by atoms with Crippen molar-refractivity contribution in [2.45, 2.75) is 94.7 Å². The smallest absolute Gasteiger partial charge is 0.187 e. The molecule has 3 aromatic rings. The first-order valence-corrected chi connectivity index (χ1v) is 17.1. The summed E-state index contributed by atoms with van der Waals surface area (Å²) in [6, 6.07) is 30.8.